The lowest BCUT2D eigenvalue weighted by Crippen LogP contribution is -2.60. The fourth-order valence-corrected chi connectivity index (χ4v) is 3.26. The summed E-state index contributed by atoms with van der Waals surface area (Å²) in [6, 6.07) is -0.115. The molecule has 0 saturated carbocycles. The number of ketones is 1. The smallest absolute Gasteiger partial charge is 0.410 e. The third kappa shape index (κ3) is 4.80. The molecule has 2 aliphatic rings. The summed E-state index contributed by atoms with van der Waals surface area (Å²) in [4.78, 5) is 26.7. The second-order valence-corrected chi connectivity index (χ2v) is 7.85. The highest BCUT2D eigenvalue weighted by molar-refractivity contribution is 5.83. The molecule has 5 nitrogen and oxygen atoms in total. The number of nitrogens with zero attached hydrogens (tertiary/aromatic N) is 1. The van der Waals surface area contributed by atoms with E-state index in [9.17, 15) is 9.59 Å². The summed E-state index contributed by atoms with van der Waals surface area (Å²) in [5.74, 6) is 0.287. The van der Waals surface area contributed by atoms with E-state index in [-0.39, 0.29) is 29.9 Å². The second kappa shape index (κ2) is 7.04. The minimum Gasteiger partial charge on any atom is -0.444 e. The Morgan fingerprint density at radius 1 is 1.17 bits per heavy atom. The van der Waals surface area contributed by atoms with Gasteiger partial charge in [-0.1, -0.05) is 11.6 Å². The molecule has 0 aromatic heterocycles. The average molecular weight is 323 g/mol. The molecular weight excluding hydrogens is 294 g/mol. The van der Waals surface area contributed by atoms with Gasteiger partial charge in [-0.05, 0) is 47.5 Å². The monoisotopic (exact) mass is 323 g/mol. The van der Waals surface area contributed by atoms with Crippen LogP contribution in [0.4, 0.5) is 4.79 Å². The van der Waals surface area contributed by atoms with Crippen molar-refractivity contribution in [3.8, 4) is 0 Å². The molecule has 2 unspecified atom stereocenters. The number of Topliss-reactive ketones (excluding diaryl/α,β-unsaturated/α-hetero) is 1. The van der Waals surface area contributed by atoms with Crippen LogP contribution in [-0.4, -0.2) is 47.7 Å². The fraction of sp³-hybridized carbons (Fsp3) is 0.778. The van der Waals surface area contributed by atoms with Gasteiger partial charge < -0.3 is 9.47 Å². The van der Waals surface area contributed by atoms with Crippen LogP contribution in [0, 0.1) is 5.92 Å². The molecule has 5 heteroatoms. The summed E-state index contributed by atoms with van der Waals surface area (Å²) in [5, 5.41) is 0. The zero-order valence-corrected chi connectivity index (χ0v) is 14.9. The van der Waals surface area contributed by atoms with Gasteiger partial charge in [0.05, 0.1) is 25.3 Å². The van der Waals surface area contributed by atoms with Gasteiger partial charge >= 0.3 is 6.09 Å². The molecule has 0 aromatic rings. The fourth-order valence-electron chi connectivity index (χ4n) is 3.26. The van der Waals surface area contributed by atoms with Crippen LogP contribution in [0.15, 0.2) is 11.6 Å². The number of rotatable bonds is 3. The summed E-state index contributed by atoms with van der Waals surface area (Å²) >= 11 is 0. The highest BCUT2D eigenvalue weighted by Crippen LogP contribution is 2.34. The van der Waals surface area contributed by atoms with Crippen LogP contribution in [0.2, 0.25) is 0 Å². The number of ether oxygens (including phenoxy) is 2. The molecule has 0 spiro atoms. The van der Waals surface area contributed by atoms with Crippen molar-refractivity contribution in [2.45, 2.75) is 71.6 Å². The lowest BCUT2D eigenvalue weighted by Gasteiger charge is -2.47. The molecule has 2 heterocycles. The largest absolute Gasteiger partial charge is 0.444 e. The minimum atomic E-state index is -0.512. The number of fused-ring (bicyclic) bond motifs is 2. The van der Waals surface area contributed by atoms with Gasteiger partial charge in [0, 0.05) is 12.3 Å². The summed E-state index contributed by atoms with van der Waals surface area (Å²) < 4.78 is 11.1. The molecule has 2 fully saturated rings. The summed E-state index contributed by atoms with van der Waals surface area (Å²) in [6.45, 7) is 10.6. The Balaban J connectivity index is 2.04. The van der Waals surface area contributed by atoms with E-state index < -0.39 is 5.60 Å². The van der Waals surface area contributed by atoms with E-state index in [1.165, 1.54) is 0 Å². The molecule has 0 aromatic carbocycles. The van der Waals surface area contributed by atoms with Gasteiger partial charge in [0.25, 0.3) is 0 Å². The molecule has 23 heavy (non-hydrogen) atoms. The Hall–Kier alpha value is -1.36. The van der Waals surface area contributed by atoms with Gasteiger partial charge in [-0.25, -0.2) is 4.79 Å². The van der Waals surface area contributed by atoms with E-state index in [2.05, 4.69) is 0 Å². The highest BCUT2D eigenvalue weighted by Gasteiger charge is 2.44. The highest BCUT2D eigenvalue weighted by atomic mass is 16.6. The average Bonchev–Trinajstić information content (AvgIpc) is 2.41. The van der Waals surface area contributed by atoms with Crippen LogP contribution >= 0.6 is 0 Å². The summed E-state index contributed by atoms with van der Waals surface area (Å²) in [6.07, 6.45) is 3.52. The van der Waals surface area contributed by atoms with Crippen molar-refractivity contribution in [2.75, 3.05) is 13.2 Å². The van der Waals surface area contributed by atoms with Gasteiger partial charge in [0.15, 0.2) is 0 Å². The van der Waals surface area contributed by atoms with E-state index in [0.717, 1.165) is 5.57 Å². The molecule has 130 valence electrons. The predicted octanol–water partition coefficient (Wildman–Crippen LogP) is 3.33. The van der Waals surface area contributed by atoms with Gasteiger partial charge in [-0.3, -0.25) is 9.69 Å². The van der Waals surface area contributed by atoms with Crippen LogP contribution < -0.4 is 0 Å². The molecule has 0 N–H and O–H groups in total. The van der Waals surface area contributed by atoms with Crippen molar-refractivity contribution in [3.63, 3.8) is 0 Å². The quantitative estimate of drug-likeness (QED) is 0.748. The van der Waals surface area contributed by atoms with Gasteiger partial charge in [0.2, 0.25) is 0 Å². The van der Waals surface area contributed by atoms with Crippen molar-refractivity contribution in [2.24, 2.45) is 5.92 Å². The molecule has 0 radical (unpaired) electrons. The van der Waals surface area contributed by atoms with E-state index in [1.807, 2.05) is 40.7 Å². The molecule has 2 bridgehead atoms. The van der Waals surface area contributed by atoms with Crippen LogP contribution in [0.1, 0.15) is 53.9 Å². The van der Waals surface area contributed by atoms with E-state index in [4.69, 9.17) is 9.47 Å². The molecular formula is C18H29NO4. The molecule has 1 amide bonds. The molecule has 2 rings (SSSR count). The van der Waals surface area contributed by atoms with Crippen molar-refractivity contribution >= 4 is 11.9 Å². The molecule has 2 atom stereocenters. The summed E-state index contributed by atoms with van der Waals surface area (Å²) in [5.41, 5.74) is 0.649. The van der Waals surface area contributed by atoms with Gasteiger partial charge in [-0.2, -0.15) is 0 Å². The first kappa shape index (κ1) is 18.0. The van der Waals surface area contributed by atoms with Gasteiger partial charge in [0.1, 0.15) is 11.4 Å². The molecule has 2 saturated heterocycles. The second-order valence-electron chi connectivity index (χ2n) is 7.85. The lowest BCUT2D eigenvalue weighted by atomic mass is 9.82. The Morgan fingerprint density at radius 3 is 2.22 bits per heavy atom. The Labute approximate surface area is 139 Å². The zero-order chi connectivity index (χ0) is 17.2. The van der Waals surface area contributed by atoms with E-state index >= 15 is 0 Å². The number of hydrogen-bond donors (Lipinski definition) is 0. The number of morpholine rings is 1. The van der Waals surface area contributed by atoms with E-state index in [0.29, 0.717) is 32.5 Å². The number of carbonyl (C=O) groups excluding carboxylic acids is 2. The molecule has 2 aliphatic heterocycles. The normalized spacial score (nSPS) is 27.3. The number of hydrogen-bond acceptors (Lipinski definition) is 4. The standard InChI is InChI=1S/C18H29NO4/c1-12(2)6-7-16(20)13-8-14-10-22-11-15(9-13)19(14)17(21)23-18(3,4)5/h6,13-15H,7-11H2,1-5H3. The Bertz CT molecular complexity index is 474. The predicted molar refractivity (Wildman–Crippen MR) is 88.2 cm³/mol. The van der Waals surface area contributed by atoms with Crippen LogP contribution in [0.3, 0.4) is 0 Å². The maximum Gasteiger partial charge on any atom is 0.410 e. The van der Waals surface area contributed by atoms with Crippen LogP contribution in [0.5, 0.6) is 0 Å². The minimum absolute atomic E-state index is 0.0168. The number of amides is 1. The Morgan fingerprint density at radius 2 is 1.74 bits per heavy atom. The Kier molecular flexibility index (Phi) is 5.50. The number of carbonyl (C=O) groups is 2. The third-order valence-electron chi connectivity index (χ3n) is 4.29. The van der Waals surface area contributed by atoms with Crippen molar-refractivity contribution in [1.82, 2.24) is 4.90 Å². The topological polar surface area (TPSA) is 55.8 Å². The zero-order valence-electron chi connectivity index (χ0n) is 14.9. The van der Waals surface area contributed by atoms with Gasteiger partial charge in [-0.15, -0.1) is 0 Å². The number of piperidine rings is 1. The third-order valence-corrected chi connectivity index (χ3v) is 4.29. The maximum absolute atomic E-state index is 12.5. The first-order valence-corrected chi connectivity index (χ1v) is 8.42. The SMILES string of the molecule is CC(C)=CCC(=O)C1CC2COCC(C1)N2C(=O)OC(C)(C)C. The van der Waals surface area contributed by atoms with E-state index in [1.54, 1.807) is 4.90 Å². The van der Waals surface area contributed by atoms with Crippen molar-refractivity contribution < 1.29 is 19.1 Å². The molecule has 0 aliphatic carbocycles. The van der Waals surface area contributed by atoms with Crippen molar-refractivity contribution in [3.05, 3.63) is 11.6 Å². The lowest BCUT2D eigenvalue weighted by molar-refractivity contribution is -0.131. The van der Waals surface area contributed by atoms with Crippen LogP contribution in [-0.2, 0) is 14.3 Å². The van der Waals surface area contributed by atoms with Crippen LogP contribution in [0.25, 0.3) is 0 Å². The maximum atomic E-state index is 12.5. The first-order valence-electron chi connectivity index (χ1n) is 8.42. The van der Waals surface area contributed by atoms with Crippen molar-refractivity contribution in [1.29, 1.82) is 0 Å². The first-order chi connectivity index (χ1) is 10.7. The number of allylic oxidation sites excluding steroid dienone is 2. The summed E-state index contributed by atoms with van der Waals surface area (Å²) in [7, 11) is 0.